The zero-order valence-corrected chi connectivity index (χ0v) is 32.5. The van der Waals surface area contributed by atoms with Gasteiger partial charge in [-0.2, -0.15) is 0 Å². The molecule has 14 heteroatoms. The van der Waals surface area contributed by atoms with E-state index < -0.39 is 18.2 Å². The number of H-pyrrole nitrogens is 2. The van der Waals surface area contributed by atoms with E-state index in [-0.39, 0.29) is 41.8 Å². The van der Waals surface area contributed by atoms with Crippen molar-refractivity contribution in [1.29, 1.82) is 0 Å². The Morgan fingerprint density at radius 3 is 1.71 bits per heavy atom. The molecule has 4 amide bonds. The summed E-state index contributed by atoms with van der Waals surface area (Å²) >= 11 is 0. The predicted octanol–water partition coefficient (Wildman–Crippen LogP) is 6.76. The summed E-state index contributed by atoms with van der Waals surface area (Å²) in [4.78, 5) is 71.4. The van der Waals surface area contributed by atoms with Gasteiger partial charge in [0.1, 0.15) is 17.7 Å². The maximum atomic E-state index is 13.8. The maximum absolute atomic E-state index is 13.8. The van der Waals surface area contributed by atoms with Crippen molar-refractivity contribution in [3.05, 3.63) is 72.6 Å². The number of nitrogens with one attached hydrogen (secondary N) is 4. The highest BCUT2D eigenvalue weighted by atomic mass is 16.5. The van der Waals surface area contributed by atoms with Crippen LogP contribution in [0.2, 0.25) is 0 Å². The van der Waals surface area contributed by atoms with Gasteiger partial charge in [-0.1, -0.05) is 75.2 Å². The fraction of sp³-hybridized carbons (Fsp3) is 0.476. The van der Waals surface area contributed by atoms with Crippen molar-refractivity contribution >= 4 is 24.0 Å². The largest absolute Gasteiger partial charge is 0.453 e. The van der Waals surface area contributed by atoms with Crippen LogP contribution in [0.4, 0.5) is 9.59 Å². The number of carbonyl (C=O) groups excluding carboxylic acids is 4. The first kappa shape index (κ1) is 38.6. The van der Waals surface area contributed by atoms with Crippen LogP contribution in [-0.4, -0.2) is 93.1 Å². The first-order valence-electron chi connectivity index (χ1n) is 19.8. The fourth-order valence-corrected chi connectivity index (χ4v) is 8.52. The third kappa shape index (κ3) is 8.14. The number of rotatable bonds is 10. The number of nitrogens with zero attached hydrogens (tertiary/aromatic N) is 4. The standard InChI is InChI=1S/C42H52N8O6/c1-25(2)36(48-42(54)56-4)40(52)50-22-8-12-35(50)38-44-24-33(46-38)29-19-15-27(16-20-29)26-13-17-28(18-14-26)32-23-43-37(45-32)34-11-7-21-49(34)39(51)30-9-5-6-10-31(30)47-41(53)55-3/h13-20,23-25,30-31,34-36H,5-12,21-22H2,1-4H3,(H,43,45)(H,44,46)(H,47,53)(H,48,54)/t30-,31+,34-,35-,36-/m0/s1. The van der Waals surface area contributed by atoms with E-state index in [0.29, 0.717) is 13.1 Å². The predicted molar refractivity (Wildman–Crippen MR) is 210 cm³/mol. The van der Waals surface area contributed by atoms with Gasteiger partial charge in [-0.15, -0.1) is 0 Å². The molecule has 4 heterocycles. The Morgan fingerprint density at radius 2 is 1.18 bits per heavy atom. The molecule has 5 atom stereocenters. The highest BCUT2D eigenvalue weighted by Crippen LogP contribution is 2.37. The van der Waals surface area contributed by atoms with Crippen LogP contribution in [0, 0.1) is 11.8 Å². The van der Waals surface area contributed by atoms with E-state index in [9.17, 15) is 19.2 Å². The van der Waals surface area contributed by atoms with E-state index in [1.165, 1.54) is 14.2 Å². The average molecular weight is 765 g/mol. The van der Waals surface area contributed by atoms with Crippen LogP contribution in [0.15, 0.2) is 60.9 Å². The normalized spacial score (nSPS) is 21.5. The molecule has 7 rings (SSSR count). The van der Waals surface area contributed by atoms with Gasteiger partial charge in [-0.3, -0.25) is 9.59 Å². The number of hydrogen-bond acceptors (Lipinski definition) is 8. The minimum absolute atomic E-state index is 0.0773. The summed E-state index contributed by atoms with van der Waals surface area (Å²) in [7, 11) is 2.64. The third-order valence-corrected chi connectivity index (χ3v) is 11.6. The molecule has 2 aromatic heterocycles. The molecule has 3 aliphatic rings. The third-order valence-electron chi connectivity index (χ3n) is 11.6. The molecule has 14 nitrogen and oxygen atoms in total. The van der Waals surface area contributed by atoms with Crippen molar-refractivity contribution in [2.45, 2.75) is 89.4 Å². The summed E-state index contributed by atoms with van der Waals surface area (Å²) in [5.41, 5.74) is 5.87. The van der Waals surface area contributed by atoms with Gasteiger partial charge in [-0.05, 0) is 66.7 Å². The van der Waals surface area contributed by atoms with Gasteiger partial charge in [0.2, 0.25) is 11.8 Å². The van der Waals surface area contributed by atoms with Crippen LogP contribution in [0.25, 0.3) is 33.6 Å². The van der Waals surface area contributed by atoms with Gasteiger partial charge in [0.25, 0.3) is 0 Å². The van der Waals surface area contributed by atoms with Crippen LogP contribution in [0.1, 0.15) is 88.9 Å². The van der Waals surface area contributed by atoms with Crippen molar-refractivity contribution in [3.8, 4) is 33.6 Å². The van der Waals surface area contributed by atoms with Crippen molar-refractivity contribution < 1.29 is 28.7 Å². The van der Waals surface area contributed by atoms with Crippen LogP contribution >= 0.6 is 0 Å². The Kier molecular flexibility index (Phi) is 11.7. The van der Waals surface area contributed by atoms with E-state index in [2.05, 4.69) is 74.1 Å². The molecule has 1 aliphatic carbocycles. The summed E-state index contributed by atoms with van der Waals surface area (Å²) in [5.74, 6) is 1.08. The monoisotopic (exact) mass is 764 g/mol. The minimum Gasteiger partial charge on any atom is -0.453 e. The molecule has 4 N–H and O–H groups in total. The number of aromatic nitrogens is 4. The van der Waals surface area contributed by atoms with Crippen molar-refractivity contribution in [2.75, 3.05) is 27.3 Å². The zero-order valence-electron chi connectivity index (χ0n) is 32.5. The number of aromatic amines is 2. The van der Waals surface area contributed by atoms with Crippen molar-refractivity contribution in [3.63, 3.8) is 0 Å². The second-order valence-electron chi connectivity index (χ2n) is 15.4. The van der Waals surface area contributed by atoms with Gasteiger partial charge in [0, 0.05) is 19.1 Å². The van der Waals surface area contributed by atoms with E-state index in [4.69, 9.17) is 14.5 Å². The second-order valence-corrected chi connectivity index (χ2v) is 15.4. The highest BCUT2D eigenvalue weighted by molar-refractivity contribution is 5.86. The van der Waals surface area contributed by atoms with Crippen LogP contribution < -0.4 is 10.6 Å². The van der Waals surface area contributed by atoms with Gasteiger partial charge >= 0.3 is 12.2 Å². The van der Waals surface area contributed by atoms with E-state index in [1.54, 1.807) is 6.20 Å². The molecular weight excluding hydrogens is 713 g/mol. The molecular formula is C42H52N8O6. The molecule has 296 valence electrons. The topological polar surface area (TPSA) is 175 Å². The van der Waals surface area contributed by atoms with Crippen LogP contribution in [0.3, 0.4) is 0 Å². The molecule has 1 saturated carbocycles. The number of hydrogen-bond donors (Lipinski definition) is 4. The van der Waals surface area contributed by atoms with E-state index in [0.717, 1.165) is 96.7 Å². The molecule has 0 spiro atoms. The molecule has 3 fully saturated rings. The molecule has 4 aromatic rings. The first-order valence-corrected chi connectivity index (χ1v) is 19.8. The van der Waals surface area contributed by atoms with Crippen molar-refractivity contribution in [1.82, 2.24) is 40.4 Å². The lowest BCUT2D eigenvalue weighted by atomic mass is 9.83. The Hall–Kier alpha value is -5.66. The fourth-order valence-electron chi connectivity index (χ4n) is 8.52. The summed E-state index contributed by atoms with van der Waals surface area (Å²) in [6.45, 7) is 5.08. The lowest BCUT2D eigenvalue weighted by Gasteiger charge is -2.35. The number of alkyl carbamates (subject to hydrolysis) is 2. The van der Waals surface area contributed by atoms with E-state index >= 15 is 0 Å². The molecule has 56 heavy (non-hydrogen) atoms. The number of likely N-dealkylation sites (tertiary alicyclic amines) is 2. The van der Waals surface area contributed by atoms with Gasteiger partial charge in [-0.25, -0.2) is 19.6 Å². The molecule has 0 radical (unpaired) electrons. The maximum Gasteiger partial charge on any atom is 0.407 e. The summed E-state index contributed by atoms with van der Waals surface area (Å²) in [5, 5.41) is 5.59. The number of ether oxygens (including phenoxy) is 2. The summed E-state index contributed by atoms with van der Waals surface area (Å²) < 4.78 is 9.58. The number of benzene rings is 2. The lowest BCUT2D eigenvalue weighted by Crippen LogP contribution is -2.51. The number of methoxy groups -OCH3 is 2. The van der Waals surface area contributed by atoms with Gasteiger partial charge in [0.05, 0.1) is 56.0 Å². The molecule has 0 bridgehead atoms. The lowest BCUT2D eigenvalue weighted by molar-refractivity contribution is -0.138. The second kappa shape index (κ2) is 17.0. The Bertz CT molecular complexity index is 2010. The Morgan fingerprint density at radius 1 is 0.679 bits per heavy atom. The Labute approximate surface area is 327 Å². The summed E-state index contributed by atoms with van der Waals surface area (Å²) in [6.07, 6.45) is 9.37. The smallest absolute Gasteiger partial charge is 0.407 e. The quantitative estimate of drug-likeness (QED) is 0.137. The zero-order chi connectivity index (χ0) is 39.3. The number of imidazole rings is 2. The van der Waals surface area contributed by atoms with Crippen LogP contribution in [-0.2, 0) is 19.1 Å². The van der Waals surface area contributed by atoms with E-state index in [1.807, 2.05) is 29.8 Å². The van der Waals surface area contributed by atoms with Gasteiger partial charge < -0.3 is 39.9 Å². The molecule has 2 aliphatic heterocycles. The minimum atomic E-state index is -0.685. The highest BCUT2D eigenvalue weighted by Gasteiger charge is 2.40. The summed E-state index contributed by atoms with van der Waals surface area (Å²) in [6, 6.07) is 15.4. The number of amides is 4. The Balaban J connectivity index is 0.991. The molecule has 2 aromatic carbocycles. The SMILES string of the molecule is COC(=O)N[C@H](C(=O)N1CCC[C@H]1c1ncc(-c2ccc(-c3ccc(-c4cnc([C@@H]5CCCN5C(=O)[C@H]5CCCC[C@H]5NC(=O)OC)[nH]4)cc3)cc2)[nH]1)C(C)C. The average Bonchev–Trinajstić information content (AvgIpc) is 4.06. The molecule has 2 saturated heterocycles. The van der Waals surface area contributed by atoms with Crippen molar-refractivity contribution in [2.24, 2.45) is 11.8 Å². The first-order chi connectivity index (χ1) is 27.1. The van der Waals surface area contributed by atoms with Crippen LogP contribution in [0.5, 0.6) is 0 Å². The molecule has 0 unspecified atom stereocenters. The number of carbonyl (C=O) groups is 4. The van der Waals surface area contributed by atoms with Gasteiger partial charge in [0.15, 0.2) is 0 Å².